The van der Waals surface area contributed by atoms with Crippen molar-refractivity contribution in [3.05, 3.63) is 52.8 Å². The van der Waals surface area contributed by atoms with Crippen LogP contribution in [0.2, 0.25) is 0 Å². The summed E-state index contributed by atoms with van der Waals surface area (Å²) in [7, 11) is 1.63. The van der Waals surface area contributed by atoms with Crippen LogP contribution in [-0.4, -0.2) is 79.0 Å². The molecular formula is C44H61F3N6O5. The Morgan fingerprint density at radius 2 is 1.64 bits per heavy atom. The molecule has 3 aromatic rings. The zero-order valence-corrected chi connectivity index (χ0v) is 34.9. The van der Waals surface area contributed by atoms with Crippen LogP contribution in [0.15, 0.2) is 30.3 Å². The number of piperidine rings is 2. The van der Waals surface area contributed by atoms with Gasteiger partial charge in [0, 0.05) is 49.4 Å². The van der Waals surface area contributed by atoms with E-state index in [1.807, 2.05) is 12.1 Å². The molecule has 3 heterocycles. The second-order valence-corrected chi connectivity index (χ2v) is 17.4. The first kappa shape index (κ1) is 43.4. The van der Waals surface area contributed by atoms with Crippen LogP contribution < -0.4 is 20.7 Å². The number of hydrogen-bond acceptors (Lipinski definition) is 9. The maximum Gasteiger partial charge on any atom is 0.416 e. The van der Waals surface area contributed by atoms with E-state index in [2.05, 4.69) is 30.8 Å². The number of halogens is 3. The van der Waals surface area contributed by atoms with Crippen molar-refractivity contribution in [2.45, 2.75) is 116 Å². The van der Waals surface area contributed by atoms with Gasteiger partial charge in [0.25, 0.3) is 0 Å². The van der Waals surface area contributed by atoms with E-state index in [1.54, 1.807) is 41.7 Å². The number of benzene rings is 2. The first-order valence-corrected chi connectivity index (χ1v) is 21.0. The van der Waals surface area contributed by atoms with Crippen LogP contribution in [0.1, 0.15) is 120 Å². The second kappa shape index (κ2) is 18.8. The van der Waals surface area contributed by atoms with Gasteiger partial charge < -0.3 is 29.7 Å². The number of carbonyl (C=O) groups is 2. The van der Waals surface area contributed by atoms with E-state index in [4.69, 9.17) is 14.2 Å². The molecule has 0 spiro atoms. The first-order valence-electron chi connectivity index (χ1n) is 21.0. The summed E-state index contributed by atoms with van der Waals surface area (Å²) in [5.74, 6) is 3.36. The Kier molecular flexibility index (Phi) is 14.1. The van der Waals surface area contributed by atoms with Crippen LogP contribution in [0.5, 0.6) is 5.75 Å². The third kappa shape index (κ3) is 11.5. The lowest BCUT2D eigenvalue weighted by Crippen LogP contribution is -2.42. The molecule has 2 aromatic carbocycles. The number of alkyl halides is 3. The predicted octanol–water partition coefficient (Wildman–Crippen LogP) is 9.40. The van der Waals surface area contributed by atoms with Crippen molar-refractivity contribution in [2.24, 2.45) is 17.8 Å². The molecule has 1 aromatic heterocycles. The van der Waals surface area contributed by atoms with E-state index in [0.717, 1.165) is 102 Å². The fourth-order valence-corrected chi connectivity index (χ4v) is 8.64. The summed E-state index contributed by atoms with van der Waals surface area (Å²) < 4.78 is 59.4. The Morgan fingerprint density at radius 3 is 2.29 bits per heavy atom. The minimum atomic E-state index is -4.65. The number of aromatic nitrogens is 2. The molecule has 1 saturated carbocycles. The summed E-state index contributed by atoms with van der Waals surface area (Å²) in [6.45, 7) is 14.0. The average molecular weight is 811 g/mol. The smallest absolute Gasteiger partial charge is 0.416 e. The number of methoxy groups -OCH3 is 1. The maximum absolute atomic E-state index is 14.0. The normalized spacial score (nSPS) is 20.5. The third-order valence-electron chi connectivity index (χ3n) is 11.9. The van der Waals surface area contributed by atoms with E-state index in [9.17, 15) is 22.8 Å². The molecule has 0 unspecified atom stereocenters. The predicted molar refractivity (Wildman–Crippen MR) is 219 cm³/mol. The molecule has 1 aliphatic carbocycles. The summed E-state index contributed by atoms with van der Waals surface area (Å²) in [6.07, 6.45) is 3.24. The number of nitrogens with one attached hydrogen (secondary N) is 3. The van der Waals surface area contributed by atoms with Crippen LogP contribution in [0, 0.1) is 24.7 Å². The van der Waals surface area contributed by atoms with E-state index < -0.39 is 29.5 Å². The molecule has 3 fully saturated rings. The van der Waals surface area contributed by atoms with Gasteiger partial charge in [-0.05, 0) is 159 Å². The first-order chi connectivity index (χ1) is 27.6. The van der Waals surface area contributed by atoms with Gasteiger partial charge in [-0.1, -0.05) is 0 Å². The van der Waals surface area contributed by atoms with Crippen LogP contribution in [0.25, 0.3) is 10.9 Å². The Morgan fingerprint density at radius 1 is 0.931 bits per heavy atom. The van der Waals surface area contributed by atoms with Crippen molar-refractivity contribution in [1.82, 2.24) is 20.2 Å². The van der Waals surface area contributed by atoms with Crippen molar-refractivity contribution in [3.8, 4) is 5.75 Å². The number of amides is 2. The number of carbonyl (C=O) groups excluding carboxylic acids is 2. The largest absolute Gasteiger partial charge is 0.496 e. The lowest BCUT2D eigenvalue weighted by Gasteiger charge is -2.36. The summed E-state index contributed by atoms with van der Waals surface area (Å²) in [6, 6.07) is 6.73. The van der Waals surface area contributed by atoms with Gasteiger partial charge in [0.1, 0.15) is 23.0 Å². The summed E-state index contributed by atoms with van der Waals surface area (Å²) in [5, 5.41) is 9.91. The molecule has 3 aliphatic rings. The van der Waals surface area contributed by atoms with Crippen LogP contribution in [0.4, 0.5) is 29.5 Å². The van der Waals surface area contributed by atoms with Crippen molar-refractivity contribution < 1.29 is 37.0 Å². The topological polar surface area (TPSA) is 127 Å². The maximum atomic E-state index is 14.0. The minimum absolute atomic E-state index is 0.00112. The molecule has 0 radical (unpaired) electrons. The van der Waals surface area contributed by atoms with Crippen molar-refractivity contribution in [3.63, 3.8) is 0 Å². The molecule has 2 saturated heterocycles. The fraction of sp³-hybridized carbons (Fsp3) is 0.636. The number of nitrogens with zero attached hydrogens (tertiary/aromatic N) is 3. The highest BCUT2D eigenvalue weighted by Gasteiger charge is 2.34. The van der Waals surface area contributed by atoms with Crippen LogP contribution in [-0.2, 0) is 20.4 Å². The van der Waals surface area contributed by atoms with E-state index in [1.165, 1.54) is 18.9 Å². The van der Waals surface area contributed by atoms with E-state index >= 15 is 0 Å². The molecule has 58 heavy (non-hydrogen) atoms. The molecule has 318 valence electrons. The van der Waals surface area contributed by atoms with Crippen molar-refractivity contribution >= 4 is 34.4 Å². The molecular weight excluding hydrogens is 750 g/mol. The zero-order chi connectivity index (χ0) is 41.6. The van der Waals surface area contributed by atoms with E-state index in [-0.39, 0.29) is 23.4 Å². The SMILES string of the molecule is COc1cc2nc(C)nc(N[C@H](C)c3cc(NC(=O)OC(C)(C)C)cc(C(F)(F)F)c3)c2cc1C1CCC(C(=O)N2CCC(CCOCC3CCNCC3)CC2)CC1. The number of likely N-dealkylation sites (tertiary alicyclic amines) is 1. The zero-order valence-electron chi connectivity index (χ0n) is 34.9. The van der Waals surface area contributed by atoms with Gasteiger partial charge in [0.15, 0.2) is 0 Å². The quantitative estimate of drug-likeness (QED) is 0.153. The summed E-state index contributed by atoms with van der Waals surface area (Å²) >= 11 is 0. The standard InChI is InChI=1S/C44H61F3N6O5/c1-27(33-21-34(44(45,46)47)23-35(22-33)52-42(55)58-43(3,4)5)49-40-37-24-36(39(56-6)25-38(37)50-28(2)51-40)31-7-9-32(10-8-31)41(54)53-18-13-29(14-19-53)15-20-57-26-30-11-16-48-17-12-30/h21-25,27,29-32,48H,7-20,26H2,1-6H3,(H,52,55)(H,49,50,51)/t27-,31?,32?/m1/s1. The molecule has 2 aliphatic heterocycles. The number of anilines is 2. The van der Waals surface area contributed by atoms with Gasteiger partial charge in [-0.25, -0.2) is 14.8 Å². The van der Waals surface area contributed by atoms with Gasteiger partial charge in [0.05, 0.1) is 24.2 Å². The van der Waals surface area contributed by atoms with Crippen molar-refractivity contribution in [1.29, 1.82) is 0 Å². The highest BCUT2D eigenvalue weighted by atomic mass is 19.4. The molecule has 6 rings (SSSR count). The van der Waals surface area contributed by atoms with Gasteiger partial charge in [-0.2, -0.15) is 13.2 Å². The summed E-state index contributed by atoms with van der Waals surface area (Å²) in [4.78, 5) is 37.6. The number of fused-ring (bicyclic) bond motifs is 1. The van der Waals surface area contributed by atoms with E-state index in [0.29, 0.717) is 45.7 Å². The van der Waals surface area contributed by atoms with Crippen molar-refractivity contribution in [2.75, 3.05) is 57.1 Å². The molecule has 1 atom stereocenters. The highest BCUT2D eigenvalue weighted by Crippen LogP contribution is 2.43. The van der Waals surface area contributed by atoms with Crippen LogP contribution in [0.3, 0.4) is 0 Å². The molecule has 0 bridgehead atoms. The Bertz CT molecular complexity index is 1880. The molecule has 11 nitrogen and oxygen atoms in total. The number of hydrogen-bond donors (Lipinski definition) is 3. The van der Waals surface area contributed by atoms with Gasteiger partial charge >= 0.3 is 12.3 Å². The van der Waals surface area contributed by atoms with Gasteiger partial charge in [-0.15, -0.1) is 0 Å². The second-order valence-electron chi connectivity index (χ2n) is 17.4. The highest BCUT2D eigenvalue weighted by molar-refractivity contribution is 5.91. The number of rotatable bonds is 12. The third-order valence-corrected chi connectivity index (χ3v) is 11.9. The average Bonchev–Trinajstić information content (AvgIpc) is 3.18. The molecule has 14 heteroatoms. The summed E-state index contributed by atoms with van der Waals surface area (Å²) in [5.41, 5.74) is 0.166. The van der Waals surface area contributed by atoms with Crippen LogP contribution >= 0.6 is 0 Å². The Labute approximate surface area is 340 Å². The Balaban J connectivity index is 1.10. The lowest BCUT2D eigenvalue weighted by molar-refractivity contribution is -0.138. The fourth-order valence-electron chi connectivity index (χ4n) is 8.64. The Hall–Kier alpha value is -4.17. The monoisotopic (exact) mass is 810 g/mol. The van der Waals surface area contributed by atoms with Gasteiger partial charge in [0.2, 0.25) is 5.91 Å². The lowest BCUT2D eigenvalue weighted by atomic mass is 9.77. The number of ether oxygens (including phenoxy) is 3. The minimum Gasteiger partial charge on any atom is -0.496 e. The van der Waals surface area contributed by atoms with Gasteiger partial charge in [-0.3, -0.25) is 10.1 Å². The molecule has 2 amide bonds. The number of aryl methyl sites for hydroxylation is 1. The molecule has 3 N–H and O–H groups in total.